The highest BCUT2D eigenvalue weighted by Crippen LogP contribution is 2.29. The second-order valence-corrected chi connectivity index (χ2v) is 6.71. The van der Waals surface area contributed by atoms with Crippen molar-refractivity contribution in [3.63, 3.8) is 0 Å². The van der Waals surface area contributed by atoms with Crippen LogP contribution in [0.3, 0.4) is 0 Å². The van der Waals surface area contributed by atoms with E-state index in [-0.39, 0.29) is 17.9 Å². The number of hydrogen-bond donors (Lipinski definition) is 1. The molecule has 0 saturated carbocycles. The fraction of sp³-hybridized carbons (Fsp3) is 0.529. The Kier molecular flexibility index (Phi) is 5.52. The molecule has 126 valence electrons. The SMILES string of the molecule is CC(C)Oc1ccc(Cl)cc1C(=O)N1CCC(C(=O)O)C(C)C1. The van der Waals surface area contributed by atoms with E-state index in [1.54, 1.807) is 23.1 Å². The lowest BCUT2D eigenvalue weighted by Gasteiger charge is -2.35. The van der Waals surface area contributed by atoms with Crippen molar-refractivity contribution in [2.45, 2.75) is 33.3 Å². The lowest BCUT2D eigenvalue weighted by atomic mass is 9.87. The maximum Gasteiger partial charge on any atom is 0.306 e. The zero-order chi connectivity index (χ0) is 17.1. The van der Waals surface area contributed by atoms with E-state index >= 15 is 0 Å². The van der Waals surface area contributed by atoms with Gasteiger partial charge in [-0.1, -0.05) is 18.5 Å². The summed E-state index contributed by atoms with van der Waals surface area (Å²) in [4.78, 5) is 25.7. The van der Waals surface area contributed by atoms with Gasteiger partial charge in [0.2, 0.25) is 0 Å². The molecule has 5 nitrogen and oxygen atoms in total. The van der Waals surface area contributed by atoms with Crippen molar-refractivity contribution in [2.24, 2.45) is 11.8 Å². The van der Waals surface area contributed by atoms with Crippen LogP contribution in [-0.2, 0) is 4.79 Å². The van der Waals surface area contributed by atoms with Crippen molar-refractivity contribution in [1.82, 2.24) is 4.90 Å². The van der Waals surface area contributed by atoms with Crippen molar-refractivity contribution in [2.75, 3.05) is 13.1 Å². The Morgan fingerprint density at radius 2 is 2.09 bits per heavy atom. The van der Waals surface area contributed by atoms with Crippen molar-refractivity contribution in [1.29, 1.82) is 0 Å². The molecule has 1 aliphatic heterocycles. The van der Waals surface area contributed by atoms with E-state index in [2.05, 4.69) is 0 Å². The van der Waals surface area contributed by atoms with Crippen molar-refractivity contribution < 1.29 is 19.4 Å². The summed E-state index contributed by atoms with van der Waals surface area (Å²) in [5.74, 6) is -0.943. The third kappa shape index (κ3) is 4.16. The minimum Gasteiger partial charge on any atom is -0.490 e. The lowest BCUT2D eigenvalue weighted by Crippen LogP contribution is -2.45. The molecule has 1 aromatic carbocycles. The maximum atomic E-state index is 12.8. The highest BCUT2D eigenvalue weighted by molar-refractivity contribution is 6.31. The third-order valence-corrected chi connectivity index (χ3v) is 4.28. The second-order valence-electron chi connectivity index (χ2n) is 6.27. The first kappa shape index (κ1) is 17.6. The molecule has 0 spiro atoms. The van der Waals surface area contributed by atoms with Gasteiger partial charge >= 0.3 is 5.97 Å². The molecule has 0 bridgehead atoms. The Hall–Kier alpha value is -1.75. The molecular weight excluding hydrogens is 318 g/mol. The van der Waals surface area contributed by atoms with Crippen LogP contribution in [0.4, 0.5) is 0 Å². The highest BCUT2D eigenvalue weighted by Gasteiger charge is 2.34. The number of rotatable bonds is 4. The molecule has 1 fully saturated rings. The molecule has 0 aliphatic carbocycles. The van der Waals surface area contributed by atoms with Crippen LogP contribution in [0.25, 0.3) is 0 Å². The fourth-order valence-corrected chi connectivity index (χ4v) is 3.07. The zero-order valence-corrected chi connectivity index (χ0v) is 14.3. The van der Waals surface area contributed by atoms with Crippen molar-refractivity contribution in [3.05, 3.63) is 28.8 Å². The molecule has 2 unspecified atom stereocenters. The van der Waals surface area contributed by atoms with Gasteiger partial charge < -0.3 is 14.7 Å². The number of aliphatic carboxylic acids is 1. The molecule has 1 aromatic rings. The summed E-state index contributed by atoms with van der Waals surface area (Å²) in [7, 11) is 0. The molecule has 2 rings (SSSR count). The minimum absolute atomic E-state index is 0.0561. The van der Waals surface area contributed by atoms with E-state index < -0.39 is 11.9 Å². The number of carbonyl (C=O) groups is 2. The van der Waals surface area contributed by atoms with Gasteiger partial charge in [-0.3, -0.25) is 9.59 Å². The zero-order valence-electron chi connectivity index (χ0n) is 13.6. The first-order valence-corrected chi connectivity index (χ1v) is 8.15. The molecule has 6 heteroatoms. The van der Waals surface area contributed by atoms with Gasteiger partial charge in [0.05, 0.1) is 17.6 Å². The number of halogens is 1. The standard InChI is InChI=1S/C17H22ClNO4/c1-10(2)23-15-5-4-12(18)8-14(15)16(20)19-7-6-13(17(21)22)11(3)9-19/h4-5,8,10-11,13H,6-7,9H2,1-3H3,(H,21,22). The summed E-state index contributed by atoms with van der Waals surface area (Å²) < 4.78 is 5.70. The smallest absolute Gasteiger partial charge is 0.306 e. The number of nitrogens with zero attached hydrogens (tertiary/aromatic N) is 1. The average Bonchev–Trinajstić information content (AvgIpc) is 2.47. The van der Waals surface area contributed by atoms with Crippen LogP contribution in [0.15, 0.2) is 18.2 Å². The third-order valence-electron chi connectivity index (χ3n) is 4.04. The molecule has 1 N–H and O–H groups in total. The van der Waals surface area contributed by atoms with Crippen LogP contribution in [0.1, 0.15) is 37.6 Å². The Morgan fingerprint density at radius 3 is 2.65 bits per heavy atom. The molecule has 1 amide bonds. The minimum atomic E-state index is -0.795. The van der Waals surface area contributed by atoms with Crippen molar-refractivity contribution >= 4 is 23.5 Å². The van der Waals surface area contributed by atoms with Gasteiger partial charge in [-0.05, 0) is 44.4 Å². The Bertz CT molecular complexity index is 602. The molecule has 0 aromatic heterocycles. The monoisotopic (exact) mass is 339 g/mol. The highest BCUT2D eigenvalue weighted by atomic mass is 35.5. The Balaban J connectivity index is 2.21. The summed E-state index contributed by atoms with van der Waals surface area (Å²) in [6.45, 7) is 6.49. The van der Waals surface area contributed by atoms with E-state index in [9.17, 15) is 14.7 Å². The average molecular weight is 340 g/mol. The first-order valence-electron chi connectivity index (χ1n) is 7.78. The van der Waals surface area contributed by atoms with E-state index in [0.29, 0.717) is 35.8 Å². The summed E-state index contributed by atoms with van der Waals surface area (Å²) in [6, 6.07) is 4.99. The lowest BCUT2D eigenvalue weighted by molar-refractivity contribution is -0.145. The summed E-state index contributed by atoms with van der Waals surface area (Å²) >= 11 is 6.03. The number of piperidine rings is 1. The first-order chi connectivity index (χ1) is 10.8. The Labute approximate surface area is 141 Å². The number of likely N-dealkylation sites (tertiary alicyclic amines) is 1. The maximum absolute atomic E-state index is 12.8. The van der Waals surface area contributed by atoms with Gasteiger partial charge in [0.25, 0.3) is 5.91 Å². The summed E-state index contributed by atoms with van der Waals surface area (Å²) in [5.41, 5.74) is 0.423. The van der Waals surface area contributed by atoms with E-state index in [4.69, 9.17) is 16.3 Å². The van der Waals surface area contributed by atoms with Crippen molar-refractivity contribution in [3.8, 4) is 5.75 Å². The van der Waals surface area contributed by atoms with E-state index in [1.165, 1.54) is 0 Å². The van der Waals surface area contributed by atoms with Crippen LogP contribution in [0.5, 0.6) is 5.75 Å². The number of carbonyl (C=O) groups excluding carboxylic acids is 1. The summed E-state index contributed by atoms with van der Waals surface area (Å²) in [6.07, 6.45) is 0.405. The number of amides is 1. The normalized spacial score (nSPS) is 21.3. The fourth-order valence-electron chi connectivity index (χ4n) is 2.89. The van der Waals surface area contributed by atoms with Crippen LogP contribution in [0, 0.1) is 11.8 Å². The number of benzene rings is 1. The van der Waals surface area contributed by atoms with Crippen LogP contribution in [0.2, 0.25) is 5.02 Å². The van der Waals surface area contributed by atoms with Gasteiger partial charge in [-0.25, -0.2) is 0 Å². The largest absolute Gasteiger partial charge is 0.490 e. The summed E-state index contributed by atoms with van der Waals surface area (Å²) in [5, 5.41) is 9.66. The number of ether oxygens (including phenoxy) is 1. The quantitative estimate of drug-likeness (QED) is 0.913. The van der Waals surface area contributed by atoms with Crippen LogP contribution in [-0.4, -0.2) is 41.1 Å². The van der Waals surface area contributed by atoms with Gasteiger partial charge in [0.15, 0.2) is 0 Å². The molecule has 1 aliphatic rings. The predicted octanol–water partition coefficient (Wildman–Crippen LogP) is 3.31. The molecular formula is C17H22ClNO4. The number of carboxylic acids is 1. The topological polar surface area (TPSA) is 66.8 Å². The van der Waals surface area contributed by atoms with E-state index in [1.807, 2.05) is 20.8 Å². The van der Waals surface area contributed by atoms with Crippen LogP contribution < -0.4 is 4.74 Å². The molecule has 0 radical (unpaired) electrons. The van der Waals surface area contributed by atoms with Gasteiger partial charge in [0, 0.05) is 18.1 Å². The van der Waals surface area contributed by atoms with Gasteiger partial charge in [-0.2, -0.15) is 0 Å². The van der Waals surface area contributed by atoms with Crippen LogP contribution >= 0.6 is 11.6 Å². The molecule has 23 heavy (non-hydrogen) atoms. The molecule has 2 atom stereocenters. The second kappa shape index (κ2) is 7.21. The number of hydrogen-bond acceptors (Lipinski definition) is 3. The molecule has 1 heterocycles. The number of carboxylic acid groups (broad SMARTS) is 1. The Morgan fingerprint density at radius 1 is 1.39 bits per heavy atom. The predicted molar refractivity (Wildman–Crippen MR) is 88.0 cm³/mol. The van der Waals surface area contributed by atoms with Gasteiger partial charge in [0.1, 0.15) is 5.75 Å². The molecule has 1 saturated heterocycles. The van der Waals surface area contributed by atoms with E-state index in [0.717, 1.165) is 0 Å². The van der Waals surface area contributed by atoms with Gasteiger partial charge in [-0.15, -0.1) is 0 Å².